The Morgan fingerprint density at radius 3 is 2.56 bits per heavy atom. The van der Waals surface area contributed by atoms with Crippen LogP contribution in [0, 0.1) is 0 Å². The maximum Gasteiger partial charge on any atom is 0.340 e. The van der Waals surface area contributed by atoms with Crippen LogP contribution in [-0.4, -0.2) is 19.2 Å². The first-order valence-corrected chi connectivity index (χ1v) is 5.59. The molecule has 0 saturated carbocycles. The van der Waals surface area contributed by atoms with Gasteiger partial charge >= 0.3 is 5.97 Å². The highest BCUT2D eigenvalue weighted by atomic mass is 79.9. The van der Waals surface area contributed by atoms with Gasteiger partial charge in [-0.1, -0.05) is 0 Å². The van der Waals surface area contributed by atoms with Crippen LogP contribution in [-0.2, 0) is 4.74 Å². The summed E-state index contributed by atoms with van der Waals surface area (Å²) in [5, 5.41) is 0. The van der Waals surface area contributed by atoms with Crippen molar-refractivity contribution >= 4 is 27.6 Å². The molecule has 2 N–H and O–H groups in total. The number of hydrogen-bond acceptors (Lipinski definition) is 4. The largest absolute Gasteiger partial charge is 0.495 e. The molecule has 1 aromatic carbocycles. The van der Waals surface area contributed by atoms with Crippen molar-refractivity contribution in [3.05, 3.63) is 22.2 Å². The summed E-state index contributed by atoms with van der Waals surface area (Å²) < 4.78 is 10.8. The first kappa shape index (κ1) is 12.8. The first-order chi connectivity index (χ1) is 7.45. The SMILES string of the molecule is COc1cc(N)c(C(=O)OC(C)C)cc1Br. The number of halogens is 1. The number of esters is 1. The van der Waals surface area contributed by atoms with Gasteiger partial charge in [0.15, 0.2) is 0 Å². The summed E-state index contributed by atoms with van der Waals surface area (Å²) in [4.78, 5) is 11.7. The maximum atomic E-state index is 11.7. The molecule has 0 saturated heterocycles. The van der Waals surface area contributed by atoms with Crippen LogP contribution < -0.4 is 10.5 Å². The molecule has 0 aromatic heterocycles. The smallest absolute Gasteiger partial charge is 0.340 e. The molecule has 0 heterocycles. The highest BCUT2D eigenvalue weighted by molar-refractivity contribution is 9.10. The minimum atomic E-state index is -0.434. The summed E-state index contributed by atoms with van der Waals surface area (Å²) >= 11 is 3.29. The molecule has 0 aliphatic carbocycles. The van der Waals surface area contributed by atoms with E-state index in [0.29, 0.717) is 21.5 Å². The predicted octanol–water partition coefficient (Wildman–Crippen LogP) is 2.61. The van der Waals surface area contributed by atoms with Crippen LogP contribution in [0.25, 0.3) is 0 Å². The summed E-state index contributed by atoms with van der Waals surface area (Å²) in [6, 6.07) is 3.18. The lowest BCUT2D eigenvalue weighted by Crippen LogP contribution is -2.13. The van der Waals surface area contributed by atoms with Gasteiger partial charge in [-0.3, -0.25) is 0 Å². The molecule has 88 valence electrons. The third kappa shape index (κ3) is 2.88. The van der Waals surface area contributed by atoms with Gasteiger partial charge in [-0.05, 0) is 35.8 Å². The van der Waals surface area contributed by atoms with Crippen molar-refractivity contribution in [2.24, 2.45) is 0 Å². The second-order valence-electron chi connectivity index (χ2n) is 3.53. The van der Waals surface area contributed by atoms with E-state index in [9.17, 15) is 4.79 Å². The standard InChI is InChI=1S/C11H14BrNO3/c1-6(2)16-11(14)7-4-8(12)10(15-3)5-9(7)13/h4-6H,13H2,1-3H3. The van der Waals surface area contributed by atoms with Crippen molar-refractivity contribution in [2.75, 3.05) is 12.8 Å². The lowest BCUT2D eigenvalue weighted by molar-refractivity contribution is 0.0379. The number of benzene rings is 1. The molecule has 4 nitrogen and oxygen atoms in total. The van der Waals surface area contributed by atoms with Crippen LogP contribution in [0.4, 0.5) is 5.69 Å². The zero-order chi connectivity index (χ0) is 12.3. The second-order valence-corrected chi connectivity index (χ2v) is 4.38. The summed E-state index contributed by atoms with van der Waals surface area (Å²) in [7, 11) is 1.53. The van der Waals surface area contributed by atoms with E-state index in [2.05, 4.69) is 15.9 Å². The number of nitrogens with two attached hydrogens (primary N) is 1. The topological polar surface area (TPSA) is 61.5 Å². The Kier molecular flexibility index (Phi) is 4.18. The molecule has 0 aliphatic rings. The summed E-state index contributed by atoms with van der Waals surface area (Å²) in [6.45, 7) is 3.57. The van der Waals surface area contributed by atoms with E-state index in [1.807, 2.05) is 0 Å². The van der Waals surface area contributed by atoms with Crippen molar-refractivity contribution in [1.29, 1.82) is 0 Å². The minimum Gasteiger partial charge on any atom is -0.495 e. The number of carbonyl (C=O) groups is 1. The number of anilines is 1. The van der Waals surface area contributed by atoms with Crippen molar-refractivity contribution in [1.82, 2.24) is 0 Å². The third-order valence-corrected chi connectivity index (χ3v) is 2.51. The highest BCUT2D eigenvalue weighted by Crippen LogP contribution is 2.30. The average molecular weight is 288 g/mol. The van der Waals surface area contributed by atoms with Crippen molar-refractivity contribution < 1.29 is 14.3 Å². The lowest BCUT2D eigenvalue weighted by atomic mass is 10.1. The number of hydrogen-bond donors (Lipinski definition) is 1. The fourth-order valence-electron chi connectivity index (χ4n) is 1.18. The molecule has 0 unspecified atom stereocenters. The zero-order valence-electron chi connectivity index (χ0n) is 9.41. The molecule has 0 amide bonds. The average Bonchev–Trinajstić information content (AvgIpc) is 2.19. The molecule has 0 atom stereocenters. The van der Waals surface area contributed by atoms with Crippen LogP contribution in [0.15, 0.2) is 16.6 Å². The molecule has 0 radical (unpaired) electrons. The van der Waals surface area contributed by atoms with Gasteiger partial charge in [-0.15, -0.1) is 0 Å². The van der Waals surface area contributed by atoms with Gasteiger partial charge in [0.05, 0.1) is 23.2 Å². The Labute approximate surface area is 103 Å². The fraction of sp³-hybridized carbons (Fsp3) is 0.364. The monoisotopic (exact) mass is 287 g/mol. The molecule has 1 aromatic rings. The highest BCUT2D eigenvalue weighted by Gasteiger charge is 2.15. The van der Waals surface area contributed by atoms with Crippen LogP contribution >= 0.6 is 15.9 Å². The molecular formula is C11H14BrNO3. The van der Waals surface area contributed by atoms with E-state index in [1.54, 1.807) is 26.0 Å². The van der Waals surface area contributed by atoms with Gasteiger partial charge in [0.1, 0.15) is 5.75 Å². The van der Waals surface area contributed by atoms with E-state index < -0.39 is 5.97 Å². The van der Waals surface area contributed by atoms with Crippen LogP contribution in [0.2, 0.25) is 0 Å². The van der Waals surface area contributed by atoms with E-state index in [1.165, 1.54) is 7.11 Å². The Balaban J connectivity index is 3.06. The quantitative estimate of drug-likeness (QED) is 0.686. The second kappa shape index (κ2) is 5.21. The number of ether oxygens (including phenoxy) is 2. The maximum absolute atomic E-state index is 11.7. The summed E-state index contributed by atoms with van der Waals surface area (Å²) in [5.74, 6) is 0.148. The van der Waals surface area contributed by atoms with Crippen molar-refractivity contribution in [3.63, 3.8) is 0 Å². The normalized spacial score (nSPS) is 10.3. The summed E-state index contributed by atoms with van der Waals surface area (Å²) in [5.41, 5.74) is 6.41. The van der Waals surface area contributed by atoms with Crippen molar-refractivity contribution in [2.45, 2.75) is 20.0 Å². The molecule has 0 spiro atoms. The van der Waals surface area contributed by atoms with Gasteiger partial charge in [-0.25, -0.2) is 4.79 Å². The fourth-order valence-corrected chi connectivity index (χ4v) is 1.69. The Bertz CT molecular complexity index is 404. The number of rotatable bonds is 3. The van der Waals surface area contributed by atoms with Gasteiger partial charge in [0, 0.05) is 11.8 Å². The molecular weight excluding hydrogens is 274 g/mol. The van der Waals surface area contributed by atoms with E-state index in [-0.39, 0.29) is 6.10 Å². The summed E-state index contributed by atoms with van der Waals surface area (Å²) in [6.07, 6.45) is -0.173. The Morgan fingerprint density at radius 1 is 1.44 bits per heavy atom. The molecule has 1 rings (SSSR count). The van der Waals surface area contributed by atoms with Gasteiger partial charge in [0.25, 0.3) is 0 Å². The van der Waals surface area contributed by atoms with E-state index >= 15 is 0 Å². The number of nitrogen functional groups attached to an aromatic ring is 1. The van der Waals surface area contributed by atoms with Gasteiger partial charge < -0.3 is 15.2 Å². The van der Waals surface area contributed by atoms with Crippen LogP contribution in [0.5, 0.6) is 5.75 Å². The Morgan fingerprint density at radius 2 is 2.06 bits per heavy atom. The van der Waals surface area contributed by atoms with Gasteiger partial charge in [0.2, 0.25) is 0 Å². The predicted molar refractivity (Wildman–Crippen MR) is 65.7 cm³/mol. The number of methoxy groups -OCH3 is 1. The third-order valence-electron chi connectivity index (χ3n) is 1.89. The van der Waals surface area contributed by atoms with Crippen molar-refractivity contribution in [3.8, 4) is 5.75 Å². The minimum absolute atomic E-state index is 0.173. The van der Waals surface area contributed by atoms with Crippen LogP contribution in [0.3, 0.4) is 0 Å². The number of carbonyl (C=O) groups excluding carboxylic acids is 1. The molecule has 0 aliphatic heterocycles. The molecule has 0 fully saturated rings. The van der Waals surface area contributed by atoms with E-state index in [0.717, 1.165) is 0 Å². The zero-order valence-corrected chi connectivity index (χ0v) is 11.0. The molecule has 0 bridgehead atoms. The van der Waals surface area contributed by atoms with E-state index in [4.69, 9.17) is 15.2 Å². The molecule has 5 heteroatoms. The molecule has 16 heavy (non-hydrogen) atoms. The Hall–Kier alpha value is -1.23. The first-order valence-electron chi connectivity index (χ1n) is 4.79. The van der Waals surface area contributed by atoms with Crippen LogP contribution in [0.1, 0.15) is 24.2 Å². The lowest BCUT2D eigenvalue weighted by Gasteiger charge is -2.11. The van der Waals surface area contributed by atoms with Gasteiger partial charge in [-0.2, -0.15) is 0 Å².